The highest BCUT2D eigenvalue weighted by molar-refractivity contribution is 5.47. The van der Waals surface area contributed by atoms with E-state index < -0.39 is 0 Å². The molecule has 0 aliphatic carbocycles. The summed E-state index contributed by atoms with van der Waals surface area (Å²) in [5, 5.41) is 0. The van der Waals surface area contributed by atoms with Crippen LogP contribution in [0.1, 0.15) is 26.7 Å². The van der Waals surface area contributed by atoms with E-state index in [1.807, 2.05) is 4.90 Å². The summed E-state index contributed by atoms with van der Waals surface area (Å²) in [6.07, 6.45) is 3.45. The molecule has 2 heteroatoms. The fraction of sp³-hybridized carbons (Fsp3) is 0.889. The van der Waals surface area contributed by atoms with E-state index in [0.717, 1.165) is 31.3 Å². The van der Waals surface area contributed by atoms with Crippen molar-refractivity contribution in [3.8, 4) is 0 Å². The first kappa shape index (κ1) is 8.57. The van der Waals surface area contributed by atoms with Gasteiger partial charge in [-0.3, -0.25) is 4.79 Å². The lowest BCUT2D eigenvalue weighted by Gasteiger charge is -2.12. The first-order chi connectivity index (χ1) is 5.22. The molecule has 1 rings (SSSR count). The molecule has 0 N–H and O–H groups in total. The molecular formula is C9H17NO. The third kappa shape index (κ3) is 2.52. The Morgan fingerprint density at radius 2 is 2.36 bits per heavy atom. The number of likely N-dealkylation sites (tertiary alicyclic amines) is 1. The number of carbonyl (C=O) groups is 1. The van der Waals surface area contributed by atoms with Crippen molar-refractivity contribution in [2.75, 3.05) is 13.1 Å². The van der Waals surface area contributed by atoms with Crippen LogP contribution in [-0.2, 0) is 4.79 Å². The predicted molar refractivity (Wildman–Crippen MR) is 45.2 cm³/mol. The average molecular weight is 155 g/mol. The molecule has 0 aromatic heterocycles. The van der Waals surface area contributed by atoms with Gasteiger partial charge in [0.15, 0.2) is 0 Å². The normalized spacial score (nSPS) is 24.6. The predicted octanol–water partition coefficient (Wildman–Crippen LogP) is 1.51. The second-order valence-corrected chi connectivity index (χ2v) is 3.88. The molecule has 0 aromatic carbocycles. The average Bonchev–Trinajstić information content (AvgIpc) is 2.34. The van der Waals surface area contributed by atoms with E-state index in [4.69, 9.17) is 0 Å². The van der Waals surface area contributed by atoms with Gasteiger partial charge in [0.05, 0.1) is 0 Å². The Morgan fingerprint density at radius 3 is 2.82 bits per heavy atom. The van der Waals surface area contributed by atoms with Crippen molar-refractivity contribution in [1.29, 1.82) is 0 Å². The first-order valence-corrected chi connectivity index (χ1v) is 4.41. The summed E-state index contributed by atoms with van der Waals surface area (Å²) in [4.78, 5) is 12.2. The molecule has 1 saturated heterocycles. The summed E-state index contributed by atoms with van der Waals surface area (Å²) >= 11 is 0. The van der Waals surface area contributed by atoms with Crippen molar-refractivity contribution in [1.82, 2.24) is 4.90 Å². The molecule has 1 amide bonds. The Kier molecular flexibility index (Phi) is 2.92. The van der Waals surface area contributed by atoms with Crippen LogP contribution in [0, 0.1) is 11.8 Å². The second kappa shape index (κ2) is 3.74. The van der Waals surface area contributed by atoms with Crippen LogP contribution in [0.25, 0.3) is 0 Å². The lowest BCUT2D eigenvalue weighted by Crippen LogP contribution is -2.18. The van der Waals surface area contributed by atoms with Gasteiger partial charge in [-0.15, -0.1) is 0 Å². The van der Waals surface area contributed by atoms with Crippen molar-refractivity contribution in [3.05, 3.63) is 0 Å². The third-order valence-corrected chi connectivity index (χ3v) is 2.27. The molecule has 64 valence electrons. The molecule has 0 spiro atoms. The maximum atomic E-state index is 10.4. The molecule has 0 bridgehead atoms. The first-order valence-electron chi connectivity index (χ1n) is 4.41. The van der Waals surface area contributed by atoms with Crippen LogP contribution in [0.2, 0.25) is 0 Å². The van der Waals surface area contributed by atoms with Crippen molar-refractivity contribution in [3.63, 3.8) is 0 Å². The summed E-state index contributed by atoms with van der Waals surface area (Å²) < 4.78 is 0. The van der Waals surface area contributed by atoms with Gasteiger partial charge in [-0.05, 0) is 24.7 Å². The number of nitrogens with zero attached hydrogens (tertiary/aromatic N) is 1. The Balaban J connectivity index is 2.24. The number of amides is 1. The number of hydrogen-bond donors (Lipinski definition) is 0. The molecule has 0 aromatic rings. The van der Waals surface area contributed by atoms with E-state index in [2.05, 4.69) is 13.8 Å². The van der Waals surface area contributed by atoms with Crippen LogP contribution in [-0.4, -0.2) is 24.4 Å². The van der Waals surface area contributed by atoms with Crippen molar-refractivity contribution >= 4 is 6.41 Å². The van der Waals surface area contributed by atoms with Crippen molar-refractivity contribution in [2.24, 2.45) is 11.8 Å². The van der Waals surface area contributed by atoms with E-state index in [0.29, 0.717) is 0 Å². The molecule has 1 aliphatic heterocycles. The quantitative estimate of drug-likeness (QED) is 0.566. The van der Waals surface area contributed by atoms with Crippen LogP contribution in [0.3, 0.4) is 0 Å². The maximum absolute atomic E-state index is 10.4. The highest BCUT2D eigenvalue weighted by Crippen LogP contribution is 2.21. The second-order valence-electron chi connectivity index (χ2n) is 3.88. The summed E-state index contributed by atoms with van der Waals surface area (Å²) in [7, 11) is 0. The zero-order chi connectivity index (χ0) is 8.27. The highest BCUT2D eigenvalue weighted by Gasteiger charge is 2.21. The van der Waals surface area contributed by atoms with Crippen molar-refractivity contribution in [2.45, 2.75) is 26.7 Å². The molecule has 1 atom stereocenters. The zero-order valence-corrected chi connectivity index (χ0v) is 7.42. The molecule has 1 fully saturated rings. The maximum Gasteiger partial charge on any atom is 0.209 e. The summed E-state index contributed by atoms with van der Waals surface area (Å²) in [5.41, 5.74) is 0. The largest absolute Gasteiger partial charge is 0.345 e. The van der Waals surface area contributed by atoms with Gasteiger partial charge in [0.1, 0.15) is 0 Å². The fourth-order valence-corrected chi connectivity index (χ4v) is 1.82. The Hall–Kier alpha value is -0.530. The van der Waals surface area contributed by atoms with Gasteiger partial charge in [0.25, 0.3) is 0 Å². The molecule has 11 heavy (non-hydrogen) atoms. The van der Waals surface area contributed by atoms with E-state index in [-0.39, 0.29) is 0 Å². The number of hydrogen-bond acceptors (Lipinski definition) is 1. The van der Waals surface area contributed by atoms with Crippen LogP contribution in [0.15, 0.2) is 0 Å². The Labute approximate surface area is 68.6 Å². The Morgan fingerprint density at radius 1 is 1.64 bits per heavy atom. The molecule has 1 heterocycles. The minimum atomic E-state index is 0.764. The molecule has 1 unspecified atom stereocenters. The monoisotopic (exact) mass is 155 g/mol. The molecular weight excluding hydrogens is 138 g/mol. The van der Waals surface area contributed by atoms with Gasteiger partial charge in [0, 0.05) is 13.1 Å². The van der Waals surface area contributed by atoms with Gasteiger partial charge >= 0.3 is 0 Å². The van der Waals surface area contributed by atoms with Gasteiger partial charge in [-0.1, -0.05) is 13.8 Å². The minimum absolute atomic E-state index is 0.764. The minimum Gasteiger partial charge on any atom is -0.345 e. The third-order valence-electron chi connectivity index (χ3n) is 2.27. The Bertz CT molecular complexity index is 134. The standard InChI is InChI=1S/C9H17NO/c1-8(2)5-9-3-4-10(6-9)7-11/h7-9H,3-6H2,1-2H3. The molecule has 0 saturated carbocycles. The van der Waals surface area contributed by atoms with Crippen LogP contribution >= 0.6 is 0 Å². The van der Waals surface area contributed by atoms with Gasteiger partial charge < -0.3 is 4.90 Å². The smallest absolute Gasteiger partial charge is 0.209 e. The lowest BCUT2D eigenvalue weighted by molar-refractivity contribution is -0.117. The number of carbonyl (C=O) groups excluding carboxylic acids is 1. The fourth-order valence-electron chi connectivity index (χ4n) is 1.82. The highest BCUT2D eigenvalue weighted by atomic mass is 16.1. The van der Waals surface area contributed by atoms with E-state index in [9.17, 15) is 4.79 Å². The van der Waals surface area contributed by atoms with E-state index >= 15 is 0 Å². The van der Waals surface area contributed by atoms with Crippen molar-refractivity contribution < 1.29 is 4.79 Å². The zero-order valence-electron chi connectivity index (χ0n) is 7.42. The van der Waals surface area contributed by atoms with Crippen LogP contribution < -0.4 is 0 Å². The summed E-state index contributed by atoms with van der Waals surface area (Å²) in [6.45, 7) is 6.44. The van der Waals surface area contributed by atoms with Gasteiger partial charge in [-0.25, -0.2) is 0 Å². The molecule has 0 radical (unpaired) electrons. The van der Waals surface area contributed by atoms with E-state index in [1.54, 1.807) is 0 Å². The lowest BCUT2D eigenvalue weighted by atomic mass is 9.97. The molecule has 2 nitrogen and oxygen atoms in total. The topological polar surface area (TPSA) is 20.3 Å². The van der Waals surface area contributed by atoms with Gasteiger partial charge in [0.2, 0.25) is 6.41 Å². The number of rotatable bonds is 3. The van der Waals surface area contributed by atoms with Crippen LogP contribution in [0.4, 0.5) is 0 Å². The van der Waals surface area contributed by atoms with Gasteiger partial charge in [-0.2, -0.15) is 0 Å². The summed E-state index contributed by atoms with van der Waals surface area (Å²) in [6, 6.07) is 0. The molecule has 1 aliphatic rings. The van der Waals surface area contributed by atoms with E-state index in [1.165, 1.54) is 12.8 Å². The SMILES string of the molecule is CC(C)CC1CCN(C=O)C1. The van der Waals surface area contributed by atoms with Crippen LogP contribution in [0.5, 0.6) is 0 Å². The summed E-state index contributed by atoms with van der Waals surface area (Å²) in [5.74, 6) is 1.53.